The maximum absolute atomic E-state index is 13.6. The molecule has 0 atom stereocenters. The second-order valence-corrected chi connectivity index (χ2v) is 7.32. The number of hydrogen-bond acceptors (Lipinski definition) is 4. The Labute approximate surface area is 170 Å². The molecule has 146 valence electrons. The lowest BCUT2D eigenvalue weighted by Gasteiger charge is -2.19. The van der Waals surface area contributed by atoms with Crippen LogP contribution >= 0.6 is 15.9 Å². The van der Waals surface area contributed by atoms with E-state index in [1.807, 2.05) is 39.0 Å². The molecule has 0 heterocycles. The number of methoxy groups -OCH3 is 2. The van der Waals surface area contributed by atoms with Crippen molar-refractivity contribution in [1.82, 2.24) is 0 Å². The van der Waals surface area contributed by atoms with E-state index in [4.69, 9.17) is 14.2 Å². The Bertz CT molecular complexity index is 843. The summed E-state index contributed by atoms with van der Waals surface area (Å²) in [4.78, 5) is 13.6. The molecule has 0 aliphatic carbocycles. The van der Waals surface area contributed by atoms with Crippen LogP contribution < -0.4 is 14.2 Å². The van der Waals surface area contributed by atoms with Crippen LogP contribution in [0.1, 0.15) is 52.4 Å². The lowest BCUT2D eigenvalue weighted by atomic mass is 9.91. The first-order chi connectivity index (χ1) is 12.9. The van der Waals surface area contributed by atoms with Crippen LogP contribution in [0.4, 0.5) is 0 Å². The van der Waals surface area contributed by atoms with Gasteiger partial charge in [0, 0.05) is 5.56 Å². The summed E-state index contributed by atoms with van der Waals surface area (Å²) >= 11 is 3.55. The van der Waals surface area contributed by atoms with E-state index in [2.05, 4.69) is 22.9 Å². The third kappa shape index (κ3) is 4.29. The molecule has 0 saturated heterocycles. The average Bonchev–Trinajstić information content (AvgIpc) is 2.65. The third-order valence-electron chi connectivity index (χ3n) is 4.63. The fourth-order valence-electron chi connectivity index (χ4n) is 3.11. The third-order valence-corrected chi connectivity index (χ3v) is 5.62. The molecule has 0 aromatic heterocycles. The van der Waals surface area contributed by atoms with E-state index in [0.717, 1.165) is 34.0 Å². The number of carbonyl (C=O) groups is 1. The van der Waals surface area contributed by atoms with Gasteiger partial charge >= 0.3 is 0 Å². The molecule has 0 fully saturated rings. The van der Waals surface area contributed by atoms with Crippen LogP contribution in [-0.4, -0.2) is 26.6 Å². The van der Waals surface area contributed by atoms with Crippen molar-refractivity contribution >= 4 is 21.7 Å². The van der Waals surface area contributed by atoms with E-state index < -0.39 is 0 Å². The second kappa shape index (κ2) is 9.27. The molecule has 2 aromatic rings. The molecule has 2 aromatic carbocycles. The number of benzene rings is 2. The molecule has 4 nitrogen and oxygen atoms in total. The quantitative estimate of drug-likeness (QED) is 0.388. The number of unbranched alkanes of at least 4 members (excludes halogenated alkanes) is 1. The molecule has 0 aliphatic heterocycles. The minimum absolute atomic E-state index is 0.0729. The monoisotopic (exact) mass is 434 g/mol. The Balaban J connectivity index is 2.64. The molecule has 2 rings (SSSR count). The molecular formula is C22H27BrO4. The van der Waals surface area contributed by atoms with E-state index in [0.29, 0.717) is 35.0 Å². The molecule has 0 N–H and O–H groups in total. The maximum atomic E-state index is 13.6. The molecule has 0 unspecified atom stereocenters. The predicted octanol–water partition coefficient (Wildman–Crippen LogP) is 5.80. The van der Waals surface area contributed by atoms with Gasteiger partial charge in [-0.1, -0.05) is 19.4 Å². The first-order valence-corrected chi connectivity index (χ1v) is 9.85. The van der Waals surface area contributed by atoms with Crippen LogP contribution in [0.3, 0.4) is 0 Å². The SMILES string of the molecule is CCCCOc1c(OC)ccc(C)c1C(=O)c1c(C)cc(OC)c(Br)c1C. The van der Waals surface area contributed by atoms with E-state index in [1.165, 1.54) is 0 Å². The van der Waals surface area contributed by atoms with Gasteiger partial charge in [0.25, 0.3) is 0 Å². The topological polar surface area (TPSA) is 44.8 Å². The second-order valence-electron chi connectivity index (χ2n) is 6.53. The van der Waals surface area contributed by atoms with Gasteiger partial charge in [0.05, 0.1) is 30.9 Å². The fraction of sp³-hybridized carbons (Fsp3) is 0.409. The van der Waals surface area contributed by atoms with Crippen LogP contribution in [0.5, 0.6) is 17.2 Å². The van der Waals surface area contributed by atoms with Crippen molar-refractivity contribution in [1.29, 1.82) is 0 Å². The van der Waals surface area contributed by atoms with Crippen molar-refractivity contribution in [2.75, 3.05) is 20.8 Å². The molecule has 0 saturated carbocycles. The summed E-state index contributed by atoms with van der Waals surface area (Å²) in [5.74, 6) is 1.73. The highest BCUT2D eigenvalue weighted by atomic mass is 79.9. The van der Waals surface area contributed by atoms with Crippen molar-refractivity contribution in [3.05, 3.63) is 50.5 Å². The zero-order chi connectivity index (χ0) is 20.1. The zero-order valence-corrected chi connectivity index (χ0v) is 18.5. The number of halogens is 1. The Morgan fingerprint density at radius 1 is 1.00 bits per heavy atom. The van der Waals surface area contributed by atoms with Gasteiger partial charge in [-0.25, -0.2) is 0 Å². The van der Waals surface area contributed by atoms with Gasteiger partial charge < -0.3 is 14.2 Å². The Morgan fingerprint density at radius 3 is 2.26 bits per heavy atom. The van der Waals surface area contributed by atoms with Gasteiger partial charge in [0.2, 0.25) is 0 Å². The van der Waals surface area contributed by atoms with E-state index in [-0.39, 0.29) is 5.78 Å². The van der Waals surface area contributed by atoms with Crippen LogP contribution in [0.25, 0.3) is 0 Å². The van der Waals surface area contributed by atoms with Gasteiger partial charge in [-0.05, 0) is 71.9 Å². The van der Waals surface area contributed by atoms with Crippen molar-refractivity contribution < 1.29 is 19.0 Å². The van der Waals surface area contributed by atoms with Gasteiger partial charge in [0.1, 0.15) is 5.75 Å². The number of carbonyl (C=O) groups excluding carboxylic acids is 1. The first-order valence-electron chi connectivity index (χ1n) is 9.06. The molecule has 0 bridgehead atoms. The van der Waals surface area contributed by atoms with Gasteiger partial charge in [-0.15, -0.1) is 0 Å². The summed E-state index contributed by atoms with van der Waals surface area (Å²) in [6, 6.07) is 5.61. The maximum Gasteiger partial charge on any atom is 0.197 e. The van der Waals surface area contributed by atoms with Crippen LogP contribution in [-0.2, 0) is 0 Å². The summed E-state index contributed by atoms with van der Waals surface area (Å²) in [6.45, 7) is 8.40. The van der Waals surface area contributed by atoms with E-state index in [1.54, 1.807) is 14.2 Å². The molecule has 0 spiro atoms. The summed E-state index contributed by atoms with van der Waals surface area (Å²) in [6.07, 6.45) is 1.93. The van der Waals surface area contributed by atoms with Crippen molar-refractivity contribution in [3.8, 4) is 17.2 Å². The van der Waals surface area contributed by atoms with Crippen LogP contribution in [0.2, 0.25) is 0 Å². The number of aryl methyl sites for hydroxylation is 2. The van der Waals surface area contributed by atoms with Crippen LogP contribution in [0.15, 0.2) is 22.7 Å². The highest BCUT2D eigenvalue weighted by Gasteiger charge is 2.25. The summed E-state index contributed by atoms with van der Waals surface area (Å²) in [5, 5.41) is 0. The zero-order valence-electron chi connectivity index (χ0n) is 16.9. The molecule has 27 heavy (non-hydrogen) atoms. The van der Waals surface area contributed by atoms with Crippen molar-refractivity contribution in [3.63, 3.8) is 0 Å². The summed E-state index contributed by atoms with van der Waals surface area (Å²) in [5.41, 5.74) is 3.77. The summed E-state index contributed by atoms with van der Waals surface area (Å²) < 4.78 is 17.6. The normalized spacial score (nSPS) is 10.6. The number of ketones is 1. The van der Waals surface area contributed by atoms with Gasteiger partial charge in [0.15, 0.2) is 17.3 Å². The standard InChI is InChI=1S/C22H27BrO4/c1-7-8-11-27-22-16(25-5)10-9-13(2)19(22)21(24)18-14(3)12-17(26-6)20(23)15(18)4/h9-10,12H,7-8,11H2,1-6H3. The fourth-order valence-corrected chi connectivity index (χ4v) is 3.59. The minimum Gasteiger partial charge on any atom is -0.496 e. The number of ether oxygens (including phenoxy) is 3. The lowest BCUT2D eigenvalue weighted by molar-refractivity contribution is 0.103. The average molecular weight is 435 g/mol. The van der Waals surface area contributed by atoms with Gasteiger partial charge in [-0.2, -0.15) is 0 Å². The predicted molar refractivity (Wildman–Crippen MR) is 112 cm³/mol. The number of hydrogen-bond donors (Lipinski definition) is 0. The molecule has 0 radical (unpaired) electrons. The van der Waals surface area contributed by atoms with Crippen LogP contribution in [0, 0.1) is 20.8 Å². The molecule has 0 aliphatic rings. The smallest absolute Gasteiger partial charge is 0.197 e. The lowest BCUT2D eigenvalue weighted by Crippen LogP contribution is -2.13. The molecule has 0 amide bonds. The number of rotatable bonds is 8. The van der Waals surface area contributed by atoms with E-state index >= 15 is 0 Å². The first kappa shape index (κ1) is 21.3. The van der Waals surface area contributed by atoms with E-state index in [9.17, 15) is 4.79 Å². The Hall–Kier alpha value is -2.01. The Kier molecular flexibility index (Phi) is 7.31. The molecule has 5 heteroatoms. The van der Waals surface area contributed by atoms with Crippen molar-refractivity contribution in [2.24, 2.45) is 0 Å². The largest absolute Gasteiger partial charge is 0.496 e. The summed E-state index contributed by atoms with van der Waals surface area (Å²) in [7, 11) is 3.21. The Morgan fingerprint density at radius 2 is 1.67 bits per heavy atom. The van der Waals surface area contributed by atoms with Crippen molar-refractivity contribution in [2.45, 2.75) is 40.5 Å². The highest BCUT2D eigenvalue weighted by molar-refractivity contribution is 9.10. The molecular weight excluding hydrogens is 408 g/mol. The minimum atomic E-state index is -0.0729. The highest BCUT2D eigenvalue weighted by Crippen LogP contribution is 2.39. The van der Waals surface area contributed by atoms with Gasteiger partial charge in [-0.3, -0.25) is 4.79 Å².